The van der Waals surface area contributed by atoms with Gasteiger partial charge in [0.15, 0.2) is 5.78 Å². The first-order valence-corrected chi connectivity index (χ1v) is 9.08. The lowest BCUT2D eigenvalue weighted by atomic mass is 10.0. The number of carboxylic acid groups (broad SMARTS) is 1. The van der Waals surface area contributed by atoms with Crippen LogP contribution in [-0.2, 0) is 24.2 Å². The van der Waals surface area contributed by atoms with Crippen molar-refractivity contribution in [1.82, 2.24) is 5.32 Å². The van der Waals surface area contributed by atoms with E-state index in [2.05, 4.69) is 5.32 Å². The Labute approximate surface area is 149 Å². The number of Topliss-reactive ketones (excluding diaryl/α,β-unsaturated/α-hetero) is 1. The highest BCUT2D eigenvalue weighted by Crippen LogP contribution is 2.23. The molecule has 0 bridgehead atoms. The molecule has 130 valence electrons. The quantitative estimate of drug-likeness (QED) is 0.745. The summed E-state index contributed by atoms with van der Waals surface area (Å²) in [5.41, 5.74) is 3.26. The molecule has 0 saturated heterocycles. The van der Waals surface area contributed by atoms with Gasteiger partial charge in [0.25, 0.3) is 0 Å². The molecule has 0 aliphatic heterocycles. The molecule has 0 radical (unpaired) electrons. The minimum Gasteiger partial charge on any atom is -0.477 e. The summed E-state index contributed by atoms with van der Waals surface area (Å²) in [5.74, 6) is -1.20. The molecule has 0 spiro atoms. The Kier molecular flexibility index (Phi) is 5.28. The third kappa shape index (κ3) is 4.33. The van der Waals surface area contributed by atoms with Crippen LogP contribution < -0.4 is 5.32 Å². The predicted octanol–water partition coefficient (Wildman–Crippen LogP) is 3.21. The van der Waals surface area contributed by atoms with Gasteiger partial charge in [-0.05, 0) is 48.6 Å². The Morgan fingerprint density at radius 2 is 1.84 bits per heavy atom. The summed E-state index contributed by atoms with van der Waals surface area (Å²) >= 11 is 1.13. The Morgan fingerprint density at radius 1 is 1.04 bits per heavy atom. The van der Waals surface area contributed by atoms with Crippen LogP contribution >= 0.6 is 11.3 Å². The second-order valence-corrected chi connectivity index (χ2v) is 7.28. The first-order chi connectivity index (χ1) is 12.0. The number of aryl methyl sites for hydroxylation is 2. The molecule has 3 rings (SSSR count). The van der Waals surface area contributed by atoms with Crippen LogP contribution in [0.3, 0.4) is 0 Å². The lowest BCUT2D eigenvalue weighted by molar-refractivity contribution is -0.121. The van der Waals surface area contributed by atoms with Crippen molar-refractivity contribution in [3.8, 4) is 0 Å². The molecule has 5 nitrogen and oxygen atoms in total. The van der Waals surface area contributed by atoms with E-state index in [1.54, 1.807) is 6.07 Å². The van der Waals surface area contributed by atoms with Gasteiger partial charge in [-0.15, -0.1) is 11.3 Å². The second kappa shape index (κ2) is 7.61. The van der Waals surface area contributed by atoms with Gasteiger partial charge >= 0.3 is 5.97 Å². The molecule has 0 unspecified atom stereocenters. The smallest absolute Gasteiger partial charge is 0.345 e. The molecule has 1 aliphatic carbocycles. The summed E-state index contributed by atoms with van der Waals surface area (Å²) in [5, 5.41) is 11.6. The van der Waals surface area contributed by atoms with Crippen LogP contribution in [0.2, 0.25) is 0 Å². The molecule has 1 aromatic heterocycles. The fraction of sp³-hybridized carbons (Fsp3) is 0.316. The third-order valence-corrected chi connectivity index (χ3v) is 5.41. The van der Waals surface area contributed by atoms with Crippen LogP contribution in [0.15, 0.2) is 30.3 Å². The number of nitrogens with one attached hydrogen (secondary N) is 1. The van der Waals surface area contributed by atoms with Crippen molar-refractivity contribution in [2.24, 2.45) is 0 Å². The van der Waals surface area contributed by atoms with Crippen molar-refractivity contribution in [1.29, 1.82) is 0 Å². The Hall–Kier alpha value is -2.47. The fourth-order valence-corrected chi connectivity index (χ4v) is 3.76. The summed E-state index contributed by atoms with van der Waals surface area (Å²) in [4.78, 5) is 36.0. The number of fused-ring (bicyclic) bond motifs is 1. The highest BCUT2D eigenvalue weighted by atomic mass is 32.1. The third-order valence-electron chi connectivity index (χ3n) is 4.33. The molecule has 1 aromatic carbocycles. The summed E-state index contributed by atoms with van der Waals surface area (Å²) in [6.07, 6.45) is 3.55. The normalized spacial score (nSPS) is 12.6. The van der Waals surface area contributed by atoms with Gasteiger partial charge in [-0.3, -0.25) is 9.59 Å². The van der Waals surface area contributed by atoms with E-state index in [1.165, 1.54) is 17.2 Å². The average Bonchev–Trinajstić information content (AvgIpc) is 3.26. The van der Waals surface area contributed by atoms with E-state index in [9.17, 15) is 14.4 Å². The van der Waals surface area contributed by atoms with Gasteiger partial charge in [0.2, 0.25) is 5.91 Å². The first-order valence-electron chi connectivity index (χ1n) is 8.26. The number of carbonyl (C=O) groups is 3. The Balaban J connectivity index is 1.46. The maximum absolute atomic E-state index is 12.3. The molecule has 0 saturated carbocycles. The van der Waals surface area contributed by atoms with E-state index >= 15 is 0 Å². The summed E-state index contributed by atoms with van der Waals surface area (Å²) in [7, 11) is 0. The second-order valence-electron chi connectivity index (χ2n) is 6.11. The van der Waals surface area contributed by atoms with E-state index < -0.39 is 5.97 Å². The molecular weight excluding hydrogens is 338 g/mol. The zero-order chi connectivity index (χ0) is 17.8. The van der Waals surface area contributed by atoms with Crippen LogP contribution in [0, 0.1) is 0 Å². The van der Waals surface area contributed by atoms with Gasteiger partial charge in [-0.1, -0.05) is 12.1 Å². The number of ketones is 1. The van der Waals surface area contributed by atoms with Gasteiger partial charge in [-0.25, -0.2) is 4.79 Å². The largest absolute Gasteiger partial charge is 0.477 e. The number of hydrogen-bond donors (Lipinski definition) is 2. The highest BCUT2D eigenvalue weighted by molar-refractivity contribution is 7.13. The minimum absolute atomic E-state index is 0.0193. The van der Waals surface area contributed by atoms with Crippen molar-refractivity contribution in [2.75, 3.05) is 0 Å². The fourth-order valence-electron chi connectivity index (χ4n) is 2.98. The lowest BCUT2D eigenvalue weighted by Crippen LogP contribution is -2.22. The topological polar surface area (TPSA) is 83.5 Å². The van der Waals surface area contributed by atoms with Crippen LogP contribution in [0.4, 0.5) is 0 Å². The Bertz CT molecular complexity index is 825. The molecule has 2 aromatic rings. The lowest BCUT2D eigenvalue weighted by Gasteiger charge is -2.05. The van der Waals surface area contributed by atoms with E-state index in [0.717, 1.165) is 35.5 Å². The van der Waals surface area contributed by atoms with Crippen molar-refractivity contribution >= 4 is 29.0 Å². The predicted molar refractivity (Wildman–Crippen MR) is 95.2 cm³/mol. The van der Waals surface area contributed by atoms with Gasteiger partial charge in [-0.2, -0.15) is 0 Å². The van der Waals surface area contributed by atoms with Crippen molar-refractivity contribution in [2.45, 2.75) is 38.6 Å². The maximum Gasteiger partial charge on any atom is 0.345 e. The number of benzene rings is 1. The van der Waals surface area contributed by atoms with Gasteiger partial charge in [0.1, 0.15) is 4.88 Å². The van der Waals surface area contributed by atoms with E-state index in [1.807, 2.05) is 18.2 Å². The zero-order valence-electron chi connectivity index (χ0n) is 13.7. The van der Waals surface area contributed by atoms with Crippen LogP contribution in [0.1, 0.15) is 55.3 Å². The summed E-state index contributed by atoms with van der Waals surface area (Å²) in [6, 6.07) is 9.04. The van der Waals surface area contributed by atoms with E-state index in [0.29, 0.717) is 5.56 Å². The van der Waals surface area contributed by atoms with Crippen molar-refractivity contribution in [3.63, 3.8) is 0 Å². The molecule has 1 heterocycles. The highest BCUT2D eigenvalue weighted by Gasteiger charge is 2.15. The van der Waals surface area contributed by atoms with Crippen LogP contribution in [0.25, 0.3) is 0 Å². The minimum atomic E-state index is -0.970. The van der Waals surface area contributed by atoms with E-state index in [4.69, 9.17) is 5.11 Å². The van der Waals surface area contributed by atoms with Gasteiger partial charge < -0.3 is 10.4 Å². The molecule has 0 fully saturated rings. The number of aromatic carboxylic acids is 1. The molecule has 25 heavy (non-hydrogen) atoms. The van der Waals surface area contributed by atoms with Crippen LogP contribution in [0.5, 0.6) is 0 Å². The molecule has 0 atom stereocenters. The number of carboxylic acids is 1. The Morgan fingerprint density at radius 3 is 2.60 bits per heavy atom. The van der Waals surface area contributed by atoms with Crippen molar-refractivity contribution in [3.05, 3.63) is 56.8 Å². The molecule has 6 heteroatoms. The van der Waals surface area contributed by atoms with Crippen molar-refractivity contribution < 1.29 is 19.5 Å². The monoisotopic (exact) mass is 357 g/mol. The molecule has 1 aliphatic rings. The molecular formula is C19H19NO4S. The standard InChI is InChI=1S/C19H19NO4S/c21-16(14-5-4-12-2-1-3-13(12)10-14)7-9-18(22)20-11-15-6-8-17(25-15)19(23)24/h4-6,8,10H,1-3,7,9,11H2,(H,20,22)(H,23,24). The number of thiophene rings is 1. The average molecular weight is 357 g/mol. The van der Waals surface area contributed by atoms with Crippen LogP contribution in [-0.4, -0.2) is 22.8 Å². The van der Waals surface area contributed by atoms with E-state index in [-0.39, 0.29) is 36.0 Å². The summed E-state index contributed by atoms with van der Waals surface area (Å²) in [6.45, 7) is 0.282. The van der Waals surface area contributed by atoms with Gasteiger partial charge in [0, 0.05) is 23.3 Å². The SMILES string of the molecule is O=C(CCC(=O)c1ccc2c(c1)CCC2)NCc1ccc(C(=O)O)s1. The maximum atomic E-state index is 12.3. The first kappa shape index (κ1) is 17.4. The molecule has 2 N–H and O–H groups in total. The van der Waals surface area contributed by atoms with Gasteiger partial charge in [0.05, 0.1) is 6.54 Å². The number of hydrogen-bond acceptors (Lipinski definition) is 4. The number of carbonyl (C=O) groups excluding carboxylic acids is 2. The number of rotatable bonds is 7. The number of amides is 1. The molecule has 1 amide bonds. The zero-order valence-corrected chi connectivity index (χ0v) is 14.5. The summed E-state index contributed by atoms with van der Waals surface area (Å²) < 4.78 is 0.